The highest BCUT2D eigenvalue weighted by atomic mass is 16.5. The highest BCUT2D eigenvalue weighted by molar-refractivity contribution is 5.87. The van der Waals surface area contributed by atoms with Gasteiger partial charge < -0.3 is 4.74 Å². The van der Waals surface area contributed by atoms with Gasteiger partial charge in [0.25, 0.3) is 0 Å². The third-order valence-corrected chi connectivity index (χ3v) is 2.98. The quantitative estimate of drug-likeness (QED) is 0.514. The molecule has 0 aliphatic rings. The Balaban J connectivity index is 3.81. The van der Waals surface area contributed by atoms with Gasteiger partial charge in [0.1, 0.15) is 0 Å². The van der Waals surface area contributed by atoms with Gasteiger partial charge in [-0.3, -0.25) is 0 Å². The molecular weight excluding hydrogens is 188 g/mol. The zero-order chi connectivity index (χ0) is 12.1. The van der Waals surface area contributed by atoms with E-state index < -0.39 is 0 Å². The van der Waals surface area contributed by atoms with Crippen molar-refractivity contribution in [1.82, 2.24) is 0 Å². The summed E-state index contributed by atoms with van der Waals surface area (Å²) >= 11 is 0. The lowest BCUT2D eigenvalue weighted by Gasteiger charge is -2.26. The first kappa shape index (κ1) is 14.2. The van der Waals surface area contributed by atoms with Gasteiger partial charge in [-0.2, -0.15) is 0 Å². The lowest BCUT2D eigenvalue weighted by molar-refractivity contribution is -0.139. The normalized spacial score (nSPS) is 13.4. The third kappa shape index (κ3) is 5.60. The Kier molecular flexibility index (Phi) is 5.63. The Hall–Kier alpha value is -0.790. The summed E-state index contributed by atoms with van der Waals surface area (Å²) in [5.74, 6) is 0.291. The average molecular weight is 212 g/mol. The monoisotopic (exact) mass is 212 g/mol. The minimum absolute atomic E-state index is 0.251. The first-order valence-electron chi connectivity index (χ1n) is 5.64. The Morgan fingerprint density at radius 2 is 1.93 bits per heavy atom. The summed E-state index contributed by atoms with van der Waals surface area (Å²) < 4.78 is 5.12. The van der Waals surface area contributed by atoms with Gasteiger partial charge in [0, 0.05) is 5.57 Å². The van der Waals surface area contributed by atoms with Crippen LogP contribution in [0.1, 0.15) is 47.5 Å². The van der Waals surface area contributed by atoms with Crippen LogP contribution in [-0.4, -0.2) is 12.6 Å². The topological polar surface area (TPSA) is 26.3 Å². The molecule has 0 heterocycles. The van der Waals surface area contributed by atoms with Gasteiger partial charge in [-0.15, -0.1) is 0 Å². The van der Waals surface area contributed by atoms with E-state index in [0.717, 1.165) is 6.42 Å². The van der Waals surface area contributed by atoms with Crippen LogP contribution >= 0.6 is 0 Å². The van der Waals surface area contributed by atoms with Crippen molar-refractivity contribution in [2.45, 2.75) is 47.5 Å². The van der Waals surface area contributed by atoms with Crippen LogP contribution in [0.2, 0.25) is 0 Å². The van der Waals surface area contributed by atoms with E-state index in [1.54, 1.807) is 0 Å². The molecule has 0 N–H and O–H groups in total. The number of esters is 1. The molecule has 2 heteroatoms. The summed E-state index contributed by atoms with van der Waals surface area (Å²) in [6.07, 6.45) is 1.57. The maximum atomic E-state index is 11.3. The molecule has 0 aliphatic heterocycles. The number of hydrogen-bond acceptors (Lipinski definition) is 2. The van der Waals surface area contributed by atoms with Crippen LogP contribution in [0.15, 0.2) is 12.2 Å². The van der Waals surface area contributed by atoms with E-state index in [0.29, 0.717) is 24.5 Å². The van der Waals surface area contributed by atoms with E-state index in [2.05, 4.69) is 34.3 Å². The van der Waals surface area contributed by atoms with E-state index in [9.17, 15) is 4.79 Å². The van der Waals surface area contributed by atoms with Crippen LogP contribution in [0.25, 0.3) is 0 Å². The lowest BCUT2D eigenvalue weighted by Crippen LogP contribution is -2.20. The molecule has 0 aromatic heterocycles. The number of rotatable bonds is 5. The van der Waals surface area contributed by atoms with Crippen molar-refractivity contribution in [3.8, 4) is 0 Å². The zero-order valence-electron chi connectivity index (χ0n) is 10.7. The minimum atomic E-state index is -0.251. The number of carbonyl (C=O) groups excluding carboxylic acids is 1. The van der Waals surface area contributed by atoms with Gasteiger partial charge in [0.05, 0.1) is 6.61 Å². The van der Waals surface area contributed by atoms with E-state index >= 15 is 0 Å². The van der Waals surface area contributed by atoms with Gasteiger partial charge >= 0.3 is 5.97 Å². The second kappa shape index (κ2) is 5.94. The summed E-state index contributed by atoms with van der Waals surface area (Å²) in [7, 11) is 0. The molecule has 1 atom stereocenters. The predicted molar refractivity (Wildman–Crippen MR) is 63.6 cm³/mol. The Bertz CT molecular complexity index is 223. The summed E-state index contributed by atoms with van der Waals surface area (Å²) in [5.41, 5.74) is 0.826. The number of carbonyl (C=O) groups is 1. The molecule has 0 radical (unpaired) electrons. The average Bonchev–Trinajstić information content (AvgIpc) is 2.14. The van der Waals surface area contributed by atoms with Crippen molar-refractivity contribution in [2.24, 2.45) is 11.3 Å². The molecule has 0 spiro atoms. The molecule has 88 valence electrons. The Morgan fingerprint density at radius 3 is 2.33 bits per heavy atom. The van der Waals surface area contributed by atoms with Crippen LogP contribution in [0.5, 0.6) is 0 Å². The Labute approximate surface area is 93.7 Å². The Morgan fingerprint density at radius 1 is 1.40 bits per heavy atom. The zero-order valence-corrected chi connectivity index (χ0v) is 10.7. The first-order chi connectivity index (χ1) is 6.79. The van der Waals surface area contributed by atoms with Crippen LogP contribution in [0, 0.1) is 11.3 Å². The molecule has 0 fully saturated rings. The SMILES string of the molecule is C=C(CC)C(=O)OCCC(C)C(C)(C)C. The molecule has 0 rings (SSSR count). The number of hydrogen-bond donors (Lipinski definition) is 0. The largest absolute Gasteiger partial charge is 0.462 e. The second-order valence-corrected chi connectivity index (χ2v) is 5.15. The fourth-order valence-corrected chi connectivity index (χ4v) is 1.01. The summed E-state index contributed by atoms with van der Waals surface area (Å²) in [4.78, 5) is 11.3. The van der Waals surface area contributed by atoms with Crippen molar-refractivity contribution < 1.29 is 9.53 Å². The lowest BCUT2D eigenvalue weighted by atomic mass is 9.80. The fourth-order valence-electron chi connectivity index (χ4n) is 1.01. The van der Waals surface area contributed by atoms with Crippen molar-refractivity contribution in [2.75, 3.05) is 6.61 Å². The maximum absolute atomic E-state index is 11.3. The van der Waals surface area contributed by atoms with E-state index in [1.807, 2.05) is 6.92 Å². The van der Waals surface area contributed by atoms with Crippen LogP contribution in [-0.2, 0) is 9.53 Å². The van der Waals surface area contributed by atoms with E-state index in [4.69, 9.17) is 4.74 Å². The molecule has 0 aliphatic carbocycles. The van der Waals surface area contributed by atoms with Gasteiger partial charge in [0.2, 0.25) is 0 Å². The van der Waals surface area contributed by atoms with Crippen LogP contribution < -0.4 is 0 Å². The molecule has 2 nitrogen and oxygen atoms in total. The summed E-state index contributed by atoms with van der Waals surface area (Å²) in [5, 5.41) is 0. The number of ether oxygens (including phenoxy) is 1. The van der Waals surface area contributed by atoms with E-state index in [-0.39, 0.29) is 11.4 Å². The molecule has 15 heavy (non-hydrogen) atoms. The van der Waals surface area contributed by atoms with Gasteiger partial charge in [-0.05, 0) is 24.2 Å². The fraction of sp³-hybridized carbons (Fsp3) is 0.769. The third-order valence-electron chi connectivity index (χ3n) is 2.98. The molecule has 0 saturated carbocycles. The molecule has 1 unspecified atom stereocenters. The van der Waals surface area contributed by atoms with Gasteiger partial charge in [0.15, 0.2) is 0 Å². The summed E-state index contributed by atoms with van der Waals surface area (Å²) in [6, 6.07) is 0. The van der Waals surface area contributed by atoms with Crippen molar-refractivity contribution in [1.29, 1.82) is 0 Å². The van der Waals surface area contributed by atoms with Crippen molar-refractivity contribution in [3.63, 3.8) is 0 Å². The minimum Gasteiger partial charge on any atom is -0.462 e. The van der Waals surface area contributed by atoms with Gasteiger partial charge in [-0.25, -0.2) is 4.79 Å². The highest BCUT2D eigenvalue weighted by Crippen LogP contribution is 2.27. The molecule has 0 aromatic carbocycles. The van der Waals surface area contributed by atoms with E-state index in [1.165, 1.54) is 0 Å². The highest BCUT2D eigenvalue weighted by Gasteiger charge is 2.20. The smallest absolute Gasteiger partial charge is 0.333 e. The van der Waals surface area contributed by atoms with Crippen LogP contribution in [0.4, 0.5) is 0 Å². The molecule has 0 saturated heterocycles. The molecular formula is C13H24O2. The van der Waals surface area contributed by atoms with Gasteiger partial charge in [-0.1, -0.05) is 41.2 Å². The van der Waals surface area contributed by atoms with Crippen molar-refractivity contribution >= 4 is 5.97 Å². The maximum Gasteiger partial charge on any atom is 0.333 e. The second-order valence-electron chi connectivity index (χ2n) is 5.15. The molecule has 0 amide bonds. The van der Waals surface area contributed by atoms with Crippen LogP contribution in [0.3, 0.4) is 0 Å². The summed E-state index contributed by atoms with van der Waals surface area (Å²) in [6.45, 7) is 14.8. The predicted octanol–water partition coefficient (Wildman–Crippen LogP) is 3.57. The molecule has 0 bridgehead atoms. The molecule has 0 aromatic rings. The van der Waals surface area contributed by atoms with Crippen molar-refractivity contribution in [3.05, 3.63) is 12.2 Å². The first-order valence-corrected chi connectivity index (χ1v) is 5.64. The standard InChI is InChI=1S/C13H24O2/c1-7-10(2)12(14)15-9-8-11(3)13(4,5)6/h11H,2,7-9H2,1,3-6H3.